The van der Waals surface area contributed by atoms with E-state index in [0.717, 1.165) is 87.1 Å². The summed E-state index contributed by atoms with van der Waals surface area (Å²) < 4.78 is 28.9. The van der Waals surface area contributed by atoms with Gasteiger partial charge in [0.25, 0.3) is 5.56 Å². The molecule has 4 aliphatic rings. The van der Waals surface area contributed by atoms with E-state index in [1.807, 2.05) is 23.6 Å². The number of benzene rings is 1. The first-order chi connectivity index (χ1) is 18.6. The minimum Gasteiger partial charge on any atom is -0.347 e. The van der Waals surface area contributed by atoms with Gasteiger partial charge in [-0.2, -0.15) is 0 Å². The summed E-state index contributed by atoms with van der Waals surface area (Å²) in [6.07, 6.45) is 9.44. The summed E-state index contributed by atoms with van der Waals surface area (Å²) in [5.41, 5.74) is 2.81. The molecule has 2 aliphatic carbocycles. The molecule has 8 nitrogen and oxygen atoms in total. The highest BCUT2D eigenvalue weighted by Gasteiger charge is 2.51. The van der Waals surface area contributed by atoms with Gasteiger partial charge in [0.2, 0.25) is 0 Å². The van der Waals surface area contributed by atoms with Crippen molar-refractivity contribution in [3.63, 3.8) is 0 Å². The van der Waals surface area contributed by atoms with E-state index < -0.39 is 16.1 Å². The van der Waals surface area contributed by atoms with Gasteiger partial charge in [-0.05, 0) is 108 Å². The van der Waals surface area contributed by atoms with Crippen LogP contribution < -0.4 is 16.2 Å². The summed E-state index contributed by atoms with van der Waals surface area (Å²) in [5.74, 6) is 0.803. The van der Waals surface area contributed by atoms with Gasteiger partial charge in [0.15, 0.2) is 16.1 Å². The maximum absolute atomic E-state index is 13.5. The van der Waals surface area contributed by atoms with Gasteiger partial charge < -0.3 is 15.5 Å². The van der Waals surface area contributed by atoms with Gasteiger partial charge in [0.05, 0.1) is 10.1 Å². The molecule has 9 heteroatoms. The number of nitrogens with one attached hydrogen (secondary N) is 2. The summed E-state index contributed by atoms with van der Waals surface area (Å²) in [6, 6.07) is 9.58. The van der Waals surface area contributed by atoms with Crippen LogP contribution in [0.5, 0.6) is 0 Å². The van der Waals surface area contributed by atoms with Gasteiger partial charge in [-0.15, -0.1) is 0 Å². The second kappa shape index (κ2) is 10.1. The Morgan fingerprint density at radius 3 is 2.46 bits per heavy atom. The third kappa shape index (κ3) is 4.92. The molecular formula is C30H41N5O3S. The Bertz CT molecular complexity index is 1420. The van der Waals surface area contributed by atoms with Gasteiger partial charge in [-0.1, -0.05) is 12.8 Å². The van der Waals surface area contributed by atoms with Gasteiger partial charge in [0, 0.05) is 35.6 Å². The quantitative estimate of drug-likeness (QED) is 0.528. The summed E-state index contributed by atoms with van der Waals surface area (Å²) in [7, 11) is -3.36. The Morgan fingerprint density at radius 2 is 1.79 bits per heavy atom. The number of hydrogen-bond donors (Lipinski definition) is 2. The lowest BCUT2D eigenvalue weighted by atomic mass is 9.63. The van der Waals surface area contributed by atoms with Crippen LogP contribution in [0.3, 0.4) is 0 Å². The van der Waals surface area contributed by atoms with Crippen LogP contribution in [0.4, 0.5) is 11.5 Å². The van der Waals surface area contributed by atoms with Crippen molar-refractivity contribution in [1.29, 1.82) is 0 Å². The molecule has 1 unspecified atom stereocenters. The monoisotopic (exact) mass is 551 g/mol. The number of anilines is 2. The van der Waals surface area contributed by atoms with Crippen molar-refractivity contribution in [2.75, 3.05) is 23.7 Å². The van der Waals surface area contributed by atoms with Crippen LogP contribution in [0.1, 0.15) is 82.4 Å². The summed E-state index contributed by atoms with van der Waals surface area (Å²) in [6.45, 7) is 8.54. The van der Waals surface area contributed by atoms with Crippen LogP contribution in [-0.4, -0.2) is 54.8 Å². The fraction of sp³-hybridized carbons (Fsp3) is 0.600. The van der Waals surface area contributed by atoms with E-state index >= 15 is 0 Å². The highest BCUT2D eigenvalue weighted by Crippen LogP contribution is 2.53. The zero-order chi connectivity index (χ0) is 27.4. The minimum atomic E-state index is -3.36. The number of aliphatic imine (C=N–C) groups is 1. The topological polar surface area (TPSA) is 95.8 Å². The number of fused-ring (bicyclic) bond motifs is 1. The number of rotatable bonds is 6. The van der Waals surface area contributed by atoms with Crippen LogP contribution in [-0.2, 0) is 9.84 Å². The zero-order valence-electron chi connectivity index (χ0n) is 23.3. The van der Waals surface area contributed by atoms with Crippen molar-refractivity contribution in [3.05, 3.63) is 51.8 Å². The fourth-order valence-electron chi connectivity index (χ4n) is 7.11. The SMILES string of the molecule is Cc1cc(S(=O)(=O)C2CC3(CCN(C(C)C)CC3)C2)ccc1NC1N=Cc2ccc(=O)n(C3CCCC3)c2N1. The lowest BCUT2D eigenvalue weighted by Gasteiger charge is -2.52. The van der Waals surface area contributed by atoms with Crippen molar-refractivity contribution < 1.29 is 8.42 Å². The summed E-state index contributed by atoms with van der Waals surface area (Å²) in [4.78, 5) is 20.3. The third-order valence-electron chi connectivity index (χ3n) is 9.65. The van der Waals surface area contributed by atoms with Gasteiger partial charge in [0.1, 0.15) is 5.82 Å². The number of likely N-dealkylation sites (tertiary alicyclic amines) is 1. The molecule has 210 valence electrons. The van der Waals surface area contributed by atoms with E-state index in [9.17, 15) is 13.2 Å². The molecular weight excluding hydrogens is 510 g/mol. The number of aryl methyl sites for hydroxylation is 1. The fourth-order valence-corrected chi connectivity index (χ4v) is 9.24. The molecule has 6 rings (SSSR count). The van der Waals surface area contributed by atoms with E-state index in [-0.39, 0.29) is 22.3 Å². The Morgan fingerprint density at radius 1 is 1.08 bits per heavy atom. The standard InChI is InChI=1S/C30H41N5O3S/c1-20(2)34-14-12-30(13-15-34)17-25(18-30)39(37,38)24-9-10-26(21(3)16-24)32-29-31-19-22-8-11-27(36)35(28(22)33-29)23-6-4-5-7-23/h8-11,16,19-20,23,25,29,32-33H,4-7,12-15,17-18H2,1-3H3. The molecule has 0 bridgehead atoms. The number of sulfone groups is 1. The second-order valence-corrected chi connectivity index (χ2v) is 14.7. The normalized spacial score (nSPS) is 23.5. The molecule has 1 saturated heterocycles. The predicted octanol–water partition coefficient (Wildman–Crippen LogP) is 4.94. The molecule has 2 N–H and O–H groups in total. The predicted molar refractivity (Wildman–Crippen MR) is 157 cm³/mol. The van der Waals surface area contributed by atoms with Gasteiger partial charge >= 0.3 is 0 Å². The number of piperidine rings is 1. The van der Waals surface area contributed by atoms with Crippen LogP contribution in [0.2, 0.25) is 0 Å². The summed E-state index contributed by atoms with van der Waals surface area (Å²) in [5, 5.41) is 6.53. The number of aromatic nitrogens is 1. The van der Waals surface area contributed by atoms with Crippen molar-refractivity contribution in [2.24, 2.45) is 10.4 Å². The minimum absolute atomic E-state index is 0.0104. The van der Waals surface area contributed by atoms with E-state index in [2.05, 4.69) is 34.4 Å². The molecule has 2 saturated carbocycles. The molecule has 0 radical (unpaired) electrons. The molecule has 1 atom stereocenters. The van der Waals surface area contributed by atoms with E-state index in [1.165, 1.54) is 0 Å². The largest absolute Gasteiger partial charge is 0.347 e. The van der Waals surface area contributed by atoms with E-state index in [1.54, 1.807) is 24.4 Å². The highest BCUT2D eigenvalue weighted by molar-refractivity contribution is 7.92. The lowest BCUT2D eigenvalue weighted by molar-refractivity contribution is 0.0246. The van der Waals surface area contributed by atoms with Crippen molar-refractivity contribution in [2.45, 2.75) is 101 Å². The third-order valence-corrected chi connectivity index (χ3v) is 11.8. The maximum Gasteiger partial charge on any atom is 0.252 e. The Hall–Kier alpha value is -2.65. The highest BCUT2D eigenvalue weighted by atomic mass is 32.2. The summed E-state index contributed by atoms with van der Waals surface area (Å²) >= 11 is 0. The first-order valence-electron chi connectivity index (χ1n) is 14.6. The van der Waals surface area contributed by atoms with E-state index in [4.69, 9.17) is 0 Å². The molecule has 3 heterocycles. The molecule has 1 aromatic heterocycles. The first-order valence-corrected chi connectivity index (χ1v) is 16.1. The van der Waals surface area contributed by atoms with E-state index in [0.29, 0.717) is 10.9 Å². The Kier molecular flexibility index (Phi) is 6.86. The lowest BCUT2D eigenvalue weighted by Crippen LogP contribution is -2.52. The molecule has 2 aromatic rings. The Labute approximate surface area is 231 Å². The molecule has 0 amide bonds. The average molecular weight is 552 g/mol. The van der Waals surface area contributed by atoms with Crippen LogP contribution >= 0.6 is 0 Å². The Balaban J connectivity index is 1.13. The number of hydrogen-bond acceptors (Lipinski definition) is 7. The molecule has 1 spiro atoms. The maximum atomic E-state index is 13.5. The zero-order valence-corrected chi connectivity index (χ0v) is 24.1. The van der Waals surface area contributed by atoms with Crippen LogP contribution in [0.15, 0.2) is 45.0 Å². The van der Waals surface area contributed by atoms with Crippen LogP contribution in [0.25, 0.3) is 0 Å². The average Bonchev–Trinajstić information content (AvgIpc) is 3.42. The first kappa shape index (κ1) is 26.6. The van der Waals surface area contributed by atoms with Gasteiger partial charge in [-0.3, -0.25) is 9.36 Å². The van der Waals surface area contributed by atoms with Gasteiger partial charge in [-0.25, -0.2) is 13.4 Å². The van der Waals surface area contributed by atoms with Crippen molar-refractivity contribution in [3.8, 4) is 0 Å². The second-order valence-electron chi connectivity index (χ2n) is 12.4. The van der Waals surface area contributed by atoms with Crippen LogP contribution in [0, 0.1) is 12.3 Å². The number of pyridine rings is 1. The molecule has 2 aliphatic heterocycles. The molecule has 1 aromatic carbocycles. The van der Waals surface area contributed by atoms with Crippen molar-refractivity contribution in [1.82, 2.24) is 9.47 Å². The molecule has 39 heavy (non-hydrogen) atoms. The molecule has 3 fully saturated rings. The van der Waals surface area contributed by atoms with Crippen molar-refractivity contribution >= 4 is 27.6 Å². The smallest absolute Gasteiger partial charge is 0.252 e. The number of nitrogens with zero attached hydrogens (tertiary/aromatic N) is 3.